The molecule has 2 rings (SSSR count). The van der Waals surface area contributed by atoms with E-state index in [-0.39, 0.29) is 7.80 Å². The monoisotopic (exact) mass is 256 g/mol. The summed E-state index contributed by atoms with van der Waals surface area (Å²) < 4.78 is 0. The van der Waals surface area contributed by atoms with Crippen molar-refractivity contribution in [1.29, 1.82) is 0 Å². The van der Waals surface area contributed by atoms with Crippen molar-refractivity contribution < 1.29 is 0 Å². The van der Waals surface area contributed by atoms with Gasteiger partial charge in [0.05, 0.1) is 10.6 Å². The lowest BCUT2D eigenvalue weighted by atomic mass is 10.2. The van der Waals surface area contributed by atoms with Gasteiger partial charge in [-0.1, -0.05) is 12.1 Å². The molecular weight excluding hydrogens is 234 g/mol. The van der Waals surface area contributed by atoms with Crippen LogP contribution in [0.3, 0.4) is 0 Å². The highest BCUT2D eigenvalue weighted by Crippen LogP contribution is 2.29. The normalized spacial score (nSPS) is 11.0. The SMILES string of the molecule is [BH3-][PH+](c1cc(C)cc(C)c1)c1cc(C)cc(C)c1. The van der Waals surface area contributed by atoms with Crippen molar-refractivity contribution in [2.24, 2.45) is 0 Å². The molecule has 2 aromatic carbocycles. The third-order valence-electron chi connectivity index (χ3n) is 2.73. The molecule has 0 atom stereocenters. The average molecular weight is 256 g/mol. The molecular formula is C16H22BP. The number of hydrogen-bond acceptors (Lipinski definition) is 0. The summed E-state index contributed by atoms with van der Waals surface area (Å²) in [6, 6.07) is 14.2. The Hall–Kier alpha value is -1.07. The Bertz CT molecular complexity index is 483. The molecule has 0 spiro atoms. The van der Waals surface area contributed by atoms with E-state index in [0.717, 1.165) is 0 Å². The molecule has 2 aromatic rings. The van der Waals surface area contributed by atoms with Gasteiger partial charge < -0.3 is 0 Å². The molecule has 0 radical (unpaired) electrons. The third-order valence-corrected chi connectivity index (χ3v) is 3.89. The standard InChI is InChI=1S/C16H22BP/c1-11-5-12(2)8-15(7-11)18(17)16-9-13(3)6-14(4)10-16/h5-10,18H,1-4,17H3. The maximum Gasteiger partial charge on any atom is 0.135 e. The Labute approximate surface area is 113 Å². The molecule has 0 unspecified atom stereocenters. The van der Waals surface area contributed by atoms with Crippen molar-refractivity contribution in [3.63, 3.8) is 0 Å². The Morgan fingerprint density at radius 1 is 0.611 bits per heavy atom. The van der Waals surface area contributed by atoms with Gasteiger partial charge in [-0.25, -0.2) is 0 Å². The summed E-state index contributed by atoms with van der Waals surface area (Å²) >= 11 is 0. The molecule has 0 aliphatic heterocycles. The first kappa shape index (κ1) is 13.4. The van der Waals surface area contributed by atoms with E-state index in [1.54, 1.807) is 10.6 Å². The molecule has 0 heterocycles. The molecule has 0 amide bonds. The minimum atomic E-state index is -0.383. The molecule has 0 saturated heterocycles. The lowest BCUT2D eigenvalue weighted by Gasteiger charge is -2.14. The van der Waals surface area contributed by atoms with E-state index in [4.69, 9.17) is 0 Å². The van der Waals surface area contributed by atoms with Gasteiger partial charge in [0.1, 0.15) is 7.57 Å². The maximum atomic E-state index is 2.41. The zero-order valence-corrected chi connectivity index (χ0v) is 12.0. The van der Waals surface area contributed by atoms with E-state index in [0.29, 0.717) is 7.57 Å². The third kappa shape index (κ3) is 3.03. The highest BCUT2D eigenvalue weighted by atomic mass is 31.1. The van der Waals surface area contributed by atoms with Gasteiger partial charge >= 0.3 is 0 Å². The molecule has 94 valence electrons. The van der Waals surface area contributed by atoms with Crippen molar-refractivity contribution in [2.75, 3.05) is 0 Å². The highest BCUT2D eigenvalue weighted by molar-refractivity contribution is 7.94. The molecule has 0 fully saturated rings. The number of aryl methyl sites for hydroxylation is 4. The molecule has 18 heavy (non-hydrogen) atoms. The van der Waals surface area contributed by atoms with E-state index < -0.39 is 0 Å². The van der Waals surface area contributed by atoms with Crippen molar-refractivity contribution in [1.82, 2.24) is 0 Å². The zero-order valence-electron chi connectivity index (χ0n) is 11.0. The van der Waals surface area contributed by atoms with Crippen LogP contribution in [0.15, 0.2) is 36.4 Å². The molecule has 0 aliphatic carbocycles. The van der Waals surface area contributed by atoms with E-state index in [1.165, 1.54) is 22.3 Å². The summed E-state index contributed by atoms with van der Waals surface area (Å²) in [6.45, 7) is 8.86. The Morgan fingerprint density at radius 2 is 0.889 bits per heavy atom. The van der Waals surface area contributed by atoms with Crippen molar-refractivity contribution in [3.05, 3.63) is 58.7 Å². The number of hydrogen-bond donors (Lipinski definition) is 0. The van der Waals surface area contributed by atoms with Gasteiger partial charge in [0.2, 0.25) is 0 Å². The van der Waals surface area contributed by atoms with Gasteiger partial charge in [-0.15, -0.1) is 7.80 Å². The predicted molar refractivity (Wildman–Crippen MR) is 89.4 cm³/mol. The summed E-state index contributed by atoms with van der Waals surface area (Å²) in [4.78, 5) is 0. The van der Waals surface area contributed by atoms with E-state index in [1.807, 2.05) is 0 Å². The summed E-state index contributed by atoms with van der Waals surface area (Å²) in [5, 5.41) is 3.25. The zero-order chi connectivity index (χ0) is 13.3. The number of rotatable bonds is 2. The van der Waals surface area contributed by atoms with Crippen LogP contribution in [0.1, 0.15) is 22.3 Å². The van der Waals surface area contributed by atoms with Gasteiger partial charge in [-0.2, -0.15) is 0 Å². The number of benzene rings is 2. The van der Waals surface area contributed by atoms with Gasteiger partial charge in [0.15, 0.2) is 0 Å². The van der Waals surface area contributed by atoms with Gasteiger partial charge in [0.25, 0.3) is 0 Å². The van der Waals surface area contributed by atoms with Crippen LogP contribution in [0.25, 0.3) is 0 Å². The molecule has 0 aromatic heterocycles. The second kappa shape index (κ2) is 5.28. The predicted octanol–water partition coefficient (Wildman–Crippen LogP) is 2.37. The van der Waals surface area contributed by atoms with Crippen LogP contribution in [-0.4, -0.2) is 7.57 Å². The molecule has 0 saturated carbocycles. The molecule has 0 nitrogen and oxygen atoms in total. The Balaban J connectivity index is 2.43. The largest absolute Gasteiger partial charge is 0.135 e. The first-order valence-corrected chi connectivity index (χ1v) is 6.96. The summed E-state index contributed by atoms with van der Waals surface area (Å²) in [7, 11) is -0.0363. The fourth-order valence-corrected chi connectivity index (χ4v) is 3.79. The summed E-state index contributed by atoms with van der Waals surface area (Å²) in [5.41, 5.74) is 5.66. The van der Waals surface area contributed by atoms with Crippen molar-refractivity contribution >= 4 is 26.0 Å². The Morgan fingerprint density at radius 3 is 1.17 bits per heavy atom. The fourth-order valence-electron chi connectivity index (χ4n) is 2.26. The van der Waals surface area contributed by atoms with Crippen LogP contribution in [0.5, 0.6) is 0 Å². The summed E-state index contributed by atoms with van der Waals surface area (Å²) in [5.74, 6) is 0. The van der Waals surface area contributed by atoms with Gasteiger partial charge in [0, 0.05) is 0 Å². The van der Waals surface area contributed by atoms with Crippen LogP contribution in [0, 0.1) is 27.7 Å². The van der Waals surface area contributed by atoms with Crippen LogP contribution in [0.4, 0.5) is 0 Å². The van der Waals surface area contributed by atoms with Crippen LogP contribution in [0.2, 0.25) is 0 Å². The molecule has 0 aliphatic rings. The van der Waals surface area contributed by atoms with Crippen LogP contribution >= 0.6 is 7.80 Å². The second-order valence-corrected chi connectivity index (χ2v) is 6.28. The lowest BCUT2D eigenvalue weighted by Crippen LogP contribution is -2.13. The van der Waals surface area contributed by atoms with Crippen molar-refractivity contribution in [3.8, 4) is 0 Å². The average Bonchev–Trinajstić information content (AvgIpc) is 2.25. The quantitative estimate of drug-likeness (QED) is 0.571. The first-order chi connectivity index (χ1) is 8.45. The molecule has 2 heteroatoms. The van der Waals surface area contributed by atoms with Gasteiger partial charge in [-0.3, -0.25) is 0 Å². The second-order valence-electron chi connectivity index (χ2n) is 4.88. The Kier molecular flexibility index (Phi) is 3.92. The van der Waals surface area contributed by atoms with Crippen LogP contribution in [-0.2, 0) is 0 Å². The highest BCUT2D eigenvalue weighted by Gasteiger charge is 2.12. The van der Waals surface area contributed by atoms with Crippen molar-refractivity contribution in [2.45, 2.75) is 27.7 Å². The van der Waals surface area contributed by atoms with E-state index in [9.17, 15) is 0 Å². The fraction of sp³-hybridized carbons (Fsp3) is 0.250. The first-order valence-electron chi connectivity index (χ1n) is 5.96. The van der Waals surface area contributed by atoms with E-state index >= 15 is 0 Å². The maximum absolute atomic E-state index is 2.41. The smallest absolute Gasteiger partial charge is 0.105 e. The van der Waals surface area contributed by atoms with Crippen LogP contribution < -0.4 is 10.6 Å². The topological polar surface area (TPSA) is 0 Å². The minimum absolute atomic E-state index is 0.347. The van der Waals surface area contributed by atoms with E-state index in [2.05, 4.69) is 64.1 Å². The molecule has 0 bridgehead atoms. The summed E-state index contributed by atoms with van der Waals surface area (Å²) in [6.07, 6.45) is 0. The lowest BCUT2D eigenvalue weighted by molar-refractivity contribution is 1.40. The molecule has 0 N–H and O–H groups in total. The van der Waals surface area contributed by atoms with Gasteiger partial charge in [-0.05, 0) is 74.2 Å². The minimum Gasteiger partial charge on any atom is -0.105 e.